The average molecular weight is 359 g/mol. The standard InChI is InChI=1S/C23H25N3O/c1-15(2)23(24)26-14-18-10-11-25-13-20(18)22(27)21(26)12-17-8-5-7-16-6-3-4-9-19(16)17/h3-11,13,15,21,23H,12,14,24H2,1-2H3. The van der Waals surface area contributed by atoms with Crippen molar-refractivity contribution in [2.45, 2.75) is 39.0 Å². The molecule has 1 aromatic heterocycles. The summed E-state index contributed by atoms with van der Waals surface area (Å²) in [7, 11) is 0. The minimum Gasteiger partial charge on any atom is -0.315 e. The maximum atomic E-state index is 13.4. The quantitative estimate of drug-likeness (QED) is 0.770. The number of pyridine rings is 1. The van der Waals surface area contributed by atoms with E-state index in [1.165, 1.54) is 16.3 Å². The Balaban J connectivity index is 1.76. The predicted molar refractivity (Wildman–Crippen MR) is 108 cm³/mol. The summed E-state index contributed by atoms with van der Waals surface area (Å²) in [5, 5.41) is 2.39. The van der Waals surface area contributed by atoms with Crippen molar-refractivity contribution in [3.8, 4) is 0 Å². The summed E-state index contributed by atoms with van der Waals surface area (Å²) in [6.45, 7) is 4.89. The monoisotopic (exact) mass is 359 g/mol. The Hall–Kier alpha value is -2.56. The van der Waals surface area contributed by atoms with Gasteiger partial charge in [-0.05, 0) is 40.3 Å². The van der Waals surface area contributed by atoms with Crippen LogP contribution in [0.1, 0.15) is 35.3 Å². The Kier molecular flexibility index (Phi) is 4.77. The number of hydrogen-bond acceptors (Lipinski definition) is 4. The van der Waals surface area contributed by atoms with Gasteiger partial charge < -0.3 is 5.73 Å². The summed E-state index contributed by atoms with van der Waals surface area (Å²) in [6.07, 6.45) is 3.92. The second-order valence-electron chi connectivity index (χ2n) is 7.66. The van der Waals surface area contributed by atoms with Gasteiger partial charge in [-0.3, -0.25) is 14.7 Å². The molecule has 3 aromatic rings. The minimum atomic E-state index is -0.273. The number of hydrogen-bond donors (Lipinski definition) is 1. The Bertz CT molecular complexity index is 977. The molecule has 0 bridgehead atoms. The Morgan fingerprint density at radius 1 is 1.15 bits per heavy atom. The first-order valence-corrected chi connectivity index (χ1v) is 9.51. The SMILES string of the molecule is CC(C)C(N)N1Cc2ccncc2C(=O)C1Cc1cccc2ccccc12. The third kappa shape index (κ3) is 3.27. The first-order valence-electron chi connectivity index (χ1n) is 9.51. The topological polar surface area (TPSA) is 59.2 Å². The molecule has 0 aliphatic carbocycles. The van der Waals surface area contributed by atoms with Gasteiger partial charge in [0.05, 0.1) is 12.2 Å². The number of rotatable bonds is 4. The first kappa shape index (κ1) is 17.8. The van der Waals surface area contributed by atoms with Crippen LogP contribution in [-0.2, 0) is 13.0 Å². The van der Waals surface area contributed by atoms with Crippen molar-refractivity contribution in [2.75, 3.05) is 0 Å². The van der Waals surface area contributed by atoms with Crippen LogP contribution in [-0.4, -0.2) is 27.9 Å². The lowest BCUT2D eigenvalue weighted by molar-refractivity contribution is 0.0575. The van der Waals surface area contributed by atoms with E-state index >= 15 is 0 Å². The van der Waals surface area contributed by atoms with Gasteiger partial charge in [0, 0.05) is 24.5 Å². The zero-order valence-corrected chi connectivity index (χ0v) is 15.8. The number of nitrogens with two attached hydrogens (primary N) is 1. The average Bonchev–Trinajstić information content (AvgIpc) is 2.69. The molecule has 4 nitrogen and oxygen atoms in total. The van der Waals surface area contributed by atoms with Gasteiger partial charge in [0.25, 0.3) is 0 Å². The molecule has 0 amide bonds. The van der Waals surface area contributed by atoms with Crippen LogP contribution in [0.5, 0.6) is 0 Å². The van der Waals surface area contributed by atoms with Crippen molar-refractivity contribution < 1.29 is 4.79 Å². The van der Waals surface area contributed by atoms with Crippen molar-refractivity contribution in [1.29, 1.82) is 0 Å². The molecular formula is C23H25N3O. The van der Waals surface area contributed by atoms with E-state index in [0.29, 0.717) is 13.0 Å². The fourth-order valence-corrected chi connectivity index (χ4v) is 4.00. The lowest BCUT2D eigenvalue weighted by Crippen LogP contribution is -2.56. The predicted octanol–water partition coefficient (Wildman–Crippen LogP) is 3.79. The zero-order chi connectivity index (χ0) is 19.0. The molecule has 1 aliphatic rings. The number of fused-ring (bicyclic) bond motifs is 2. The van der Waals surface area contributed by atoms with Gasteiger partial charge >= 0.3 is 0 Å². The molecule has 0 fully saturated rings. The van der Waals surface area contributed by atoms with Crippen LogP contribution in [0.25, 0.3) is 10.8 Å². The number of Topliss-reactive ketones (excluding diaryl/α,β-unsaturated/α-hetero) is 1. The third-order valence-electron chi connectivity index (χ3n) is 5.59. The molecule has 27 heavy (non-hydrogen) atoms. The number of carbonyl (C=O) groups excluding carboxylic acids is 1. The van der Waals surface area contributed by atoms with Crippen LogP contribution in [0.15, 0.2) is 60.9 Å². The molecule has 2 aromatic carbocycles. The lowest BCUT2D eigenvalue weighted by Gasteiger charge is -2.41. The zero-order valence-electron chi connectivity index (χ0n) is 15.8. The van der Waals surface area contributed by atoms with Crippen molar-refractivity contribution in [2.24, 2.45) is 11.7 Å². The van der Waals surface area contributed by atoms with Gasteiger partial charge in [-0.15, -0.1) is 0 Å². The molecule has 2 atom stereocenters. The number of carbonyl (C=O) groups is 1. The van der Waals surface area contributed by atoms with Crippen LogP contribution in [0.4, 0.5) is 0 Å². The summed E-state index contributed by atoms with van der Waals surface area (Å²) in [5.74, 6) is 0.379. The summed E-state index contributed by atoms with van der Waals surface area (Å²) in [6, 6.07) is 16.3. The van der Waals surface area contributed by atoms with Crippen molar-refractivity contribution in [3.63, 3.8) is 0 Å². The number of aromatic nitrogens is 1. The second-order valence-corrected chi connectivity index (χ2v) is 7.66. The Labute approximate surface area is 160 Å². The van der Waals surface area contributed by atoms with Gasteiger partial charge in [-0.25, -0.2) is 0 Å². The fraction of sp³-hybridized carbons (Fsp3) is 0.304. The van der Waals surface area contributed by atoms with Crippen molar-refractivity contribution >= 4 is 16.6 Å². The van der Waals surface area contributed by atoms with E-state index in [9.17, 15) is 4.79 Å². The van der Waals surface area contributed by atoms with Gasteiger partial charge in [0.2, 0.25) is 0 Å². The summed E-state index contributed by atoms with van der Waals surface area (Å²) >= 11 is 0. The van der Waals surface area contributed by atoms with Crippen LogP contribution >= 0.6 is 0 Å². The lowest BCUT2D eigenvalue weighted by atomic mass is 9.87. The van der Waals surface area contributed by atoms with Crippen molar-refractivity contribution in [3.05, 3.63) is 77.6 Å². The molecule has 2 unspecified atom stereocenters. The molecule has 0 spiro atoms. The maximum Gasteiger partial charge on any atom is 0.182 e. The summed E-state index contributed by atoms with van der Waals surface area (Å²) < 4.78 is 0. The van der Waals surface area contributed by atoms with E-state index in [-0.39, 0.29) is 23.9 Å². The van der Waals surface area contributed by atoms with Gasteiger partial charge in [0.1, 0.15) is 0 Å². The van der Waals surface area contributed by atoms with Gasteiger partial charge in [-0.1, -0.05) is 56.3 Å². The molecule has 1 aliphatic heterocycles. The summed E-state index contributed by atoms with van der Waals surface area (Å²) in [5.41, 5.74) is 9.45. The normalized spacial score (nSPS) is 18.7. The van der Waals surface area contributed by atoms with Crippen LogP contribution in [0, 0.1) is 5.92 Å². The van der Waals surface area contributed by atoms with E-state index in [1.54, 1.807) is 12.4 Å². The fourth-order valence-electron chi connectivity index (χ4n) is 4.00. The molecule has 2 N–H and O–H groups in total. The molecule has 4 rings (SSSR count). The number of benzene rings is 2. The van der Waals surface area contributed by atoms with E-state index in [4.69, 9.17) is 5.73 Å². The highest BCUT2D eigenvalue weighted by Gasteiger charge is 2.37. The Morgan fingerprint density at radius 3 is 2.74 bits per heavy atom. The van der Waals surface area contributed by atoms with Crippen LogP contribution in [0.2, 0.25) is 0 Å². The highest BCUT2D eigenvalue weighted by Crippen LogP contribution is 2.29. The van der Waals surface area contributed by atoms with Gasteiger partial charge in [0.15, 0.2) is 5.78 Å². The third-order valence-corrected chi connectivity index (χ3v) is 5.59. The Morgan fingerprint density at radius 2 is 1.93 bits per heavy atom. The van der Waals surface area contributed by atoms with E-state index in [0.717, 1.165) is 11.1 Å². The van der Waals surface area contributed by atoms with E-state index in [2.05, 4.69) is 54.1 Å². The van der Waals surface area contributed by atoms with Crippen molar-refractivity contribution in [1.82, 2.24) is 9.88 Å². The van der Waals surface area contributed by atoms with E-state index in [1.807, 2.05) is 18.2 Å². The molecular weight excluding hydrogens is 334 g/mol. The smallest absolute Gasteiger partial charge is 0.182 e. The van der Waals surface area contributed by atoms with Crippen LogP contribution < -0.4 is 5.73 Å². The molecule has 0 saturated heterocycles. The largest absolute Gasteiger partial charge is 0.315 e. The first-order chi connectivity index (χ1) is 13.1. The molecule has 138 valence electrons. The molecule has 0 radical (unpaired) electrons. The highest BCUT2D eigenvalue weighted by atomic mass is 16.1. The maximum absolute atomic E-state index is 13.4. The minimum absolute atomic E-state index is 0.119. The molecule has 0 saturated carbocycles. The van der Waals surface area contributed by atoms with E-state index < -0.39 is 0 Å². The molecule has 2 heterocycles. The highest BCUT2D eigenvalue weighted by molar-refractivity contribution is 6.02. The summed E-state index contributed by atoms with van der Waals surface area (Å²) in [4.78, 5) is 19.7. The number of ketones is 1. The number of nitrogens with zero attached hydrogens (tertiary/aromatic N) is 2. The molecule has 4 heteroatoms. The van der Waals surface area contributed by atoms with Crippen LogP contribution in [0.3, 0.4) is 0 Å². The van der Waals surface area contributed by atoms with Gasteiger partial charge in [-0.2, -0.15) is 0 Å². The second kappa shape index (κ2) is 7.22.